The summed E-state index contributed by atoms with van der Waals surface area (Å²) in [5.74, 6) is 1.06. The molecule has 2 fully saturated rings. The highest BCUT2D eigenvalue weighted by molar-refractivity contribution is 5.93. The van der Waals surface area contributed by atoms with Crippen molar-refractivity contribution in [3.63, 3.8) is 0 Å². The number of carbonyl (C=O) groups is 1. The summed E-state index contributed by atoms with van der Waals surface area (Å²) in [5, 5.41) is 11.8. The van der Waals surface area contributed by atoms with Gasteiger partial charge in [0.1, 0.15) is 5.82 Å². The smallest absolute Gasteiger partial charge is 0.322 e. The fourth-order valence-electron chi connectivity index (χ4n) is 3.61. The Labute approximate surface area is 150 Å². The van der Waals surface area contributed by atoms with E-state index < -0.39 is 0 Å². The van der Waals surface area contributed by atoms with Crippen molar-refractivity contribution in [3.8, 4) is 0 Å². The highest BCUT2D eigenvalue weighted by Crippen LogP contribution is 2.29. The van der Waals surface area contributed by atoms with Gasteiger partial charge in [-0.2, -0.15) is 14.7 Å². The molecule has 9 nitrogen and oxygen atoms in total. The maximum Gasteiger partial charge on any atom is 0.322 e. The van der Waals surface area contributed by atoms with Crippen LogP contribution < -0.4 is 15.1 Å². The molecule has 2 aliphatic heterocycles. The van der Waals surface area contributed by atoms with Crippen LogP contribution in [0.4, 0.5) is 16.3 Å². The molecule has 0 unspecified atom stereocenters. The second kappa shape index (κ2) is 5.45. The largest absolute Gasteiger partial charge is 0.352 e. The number of anilines is 2. The van der Waals surface area contributed by atoms with Crippen LogP contribution in [0.1, 0.15) is 17.4 Å². The van der Waals surface area contributed by atoms with Crippen LogP contribution in [0.15, 0.2) is 24.5 Å². The molecule has 0 bridgehead atoms. The van der Waals surface area contributed by atoms with Crippen molar-refractivity contribution in [1.82, 2.24) is 29.7 Å². The molecule has 1 N–H and O–H groups in total. The minimum absolute atomic E-state index is 0.0523. The summed E-state index contributed by atoms with van der Waals surface area (Å²) >= 11 is 0. The Morgan fingerprint density at radius 1 is 1.19 bits per heavy atom. The Balaban J connectivity index is 1.35. The maximum atomic E-state index is 11.8. The van der Waals surface area contributed by atoms with Crippen molar-refractivity contribution in [1.29, 1.82) is 0 Å². The molecule has 5 rings (SSSR count). The lowest BCUT2D eigenvalue weighted by atomic mass is 10.1. The summed E-state index contributed by atoms with van der Waals surface area (Å²) in [6.07, 6.45) is 3.72. The molecule has 3 aromatic heterocycles. The standard InChI is InChI=1S/C17H20N8O/c1-11-6-16(25-15(20-11)5-12(2)21-25)22-8-14(9-22)24-10-13(7-19-24)23-4-3-18-17(23)26/h5-7,10,14H,3-4,8-9H2,1-2H3,(H,18,26). The first kappa shape index (κ1) is 15.2. The Kier molecular flexibility index (Phi) is 3.18. The fraction of sp³-hybridized carbons (Fsp3) is 0.412. The van der Waals surface area contributed by atoms with Crippen molar-refractivity contribution in [2.75, 3.05) is 36.0 Å². The van der Waals surface area contributed by atoms with Crippen LogP contribution >= 0.6 is 0 Å². The molecule has 0 spiro atoms. The number of hydrogen-bond donors (Lipinski definition) is 1. The van der Waals surface area contributed by atoms with Crippen LogP contribution in [0, 0.1) is 13.8 Å². The SMILES string of the molecule is Cc1cc(N2CC(n3cc(N4CCNC4=O)cn3)C2)n2nc(C)cc2n1. The number of amides is 2. The molecule has 134 valence electrons. The highest BCUT2D eigenvalue weighted by Gasteiger charge is 2.32. The minimum Gasteiger partial charge on any atom is -0.352 e. The predicted molar refractivity (Wildman–Crippen MR) is 96.7 cm³/mol. The Morgan fingerprint density at radius 2 is 2.04 bits per heavy atom. The lowest BCUT2D eigenvalue weighted by Gasteiger charge is -2.40. The molecule has 0 atom stereocenters. The van der Waals surface area contributed by atoms with Gasteiger partial charge in [-0.15, -0.1) is 0 Å². The normalized spacial score (nSPS) is 17.8. The predicted octanol–water partition coefficient (Wildman–Crippen LogP) is 1.13. The van der Waals surface area contributed by atoms with Gasteiger partial charge in [-0.1, -0.05) is 0 Å². The van der Waals surface area contributed by atoms with E-state index in [0.717, 1.165) is 41.6 Å². The van der Waals surface area contributed by atoms with E-state index in [-0.39, 0.29) is 12.1 Å². The van der Waals surface area contributed by atoms with E-state index in [1.165, 1.54) is 0 Å². The molecule has 0 radical (unpaired) electrons. The first-order valence-corrected chi connectivity index (χ1v) is 8.77. The van der Waals surface area contributed by atoms with E-state index in [2.05, 4.69) is 31.5 Å². The van der Waals surface area contributed by atoms with Crippen LogP contribution in [0.5, 0.6) is 0 Å². The second-order valence-electron chi connectivity index (χ2n) is 6.93. The Bertz CT molecular complexity index is 1000. The minimum atomic E-state index is -0.0523. The Hall–Kier alpha value is -3.10. The zero-order valence-corrected chi connectivity index (χ0v) is 14.8. The van der Waals surface area contributed by atoms with Crippen LogP contribution in [-0.4, -0.2) is 56.6 Å². The molecule has 2 aliphatic rings. The average molecular weight is 352 g/mol. The van der Waals surface area contributed by atoms with Crippen LogP contribution in [-0.2, 0) is 0 Å². The molecule has 2 saturated heterocycles. The average Bonchev–Trinajstić information content (AvgIpc) is 3.25. The molecular weight excluding hydrogens is 332 g/mol. The zero-order valence-electron chi connectivity index (χ0n) is 14.8. The monoisotopic (exact) mass is 352 g/mol. The van der Waals surface area contributed by atoms with Crippen LogP contribution in [0.25, 0.3) is 5.65 Å². The van der Waals surface area contributed by atoms with Gasteiger partial charge < -0.3 is 10.2 Å². The van der Waals surface area contributed by atoms with Crippen LogP contribution in [0.3, 0.4) is 0 Å². The number of nitrogens with one attached hydrogen (secondary N) is 1. The van der Waals surface area contributed by atoms with Crippen molar-refractivity contribution in [2.45, 2.75) is 19.9 Å². The number of hydrogen-bond acceptors (Lipinski definition) is 5. The molecule has 5 heterocycles. The van der Waals surface area contributed by atoms with Crippen molar-refractivity contribution >= 4 is 23.2 Å². The summed E-state index contributed by atoms with van der Waals surface area (Å²) in [6.45, 7) is 7.06. The third-order valence-electron chi connectivity index (χ3n) is 4.98. The quantitative estimate of drug-likeness (QED) is 0.764. The van der Waals surface area contributed by atoms with Gasteiger partial charge in [0.15, 0.2) is 5.65 Å². The van der Waals surface area contributed by atoms with Gasteiger partial charge in [0, 0.05) is 50.2 Å². The summed E-state index contributed by atoms with van der Waals surface area (Å²) < 4.78 is 3.86. The maximum absolute atomic E-state index is 11.8. The van der Waals surface area contributed by atoms with Crippen molar-refractivity contribution < 1.29 is 4.79 Å². The highest BCUT2D eigenvalue weighted by atomic mass is 16.2. The summed E-state index contributed by atoms with van der Waals surface area (Å²) in [6, 6.07) is 4.30. The van der Waals surface area contributed by atoms with Gasteiger partial charge in [-0.05, 0) is 13.8 Å². The summed E-state index contributed by atoms with van der Waals surface area (Å²) in [5.41, 5.74) is 3.67. The second-order valence-corrected chi connectivity index (χ2v) is 6.93. The fourth-order valence-corrected chi connectivity index (χ4v) is 3.61. The number of nitrogens with zero attached hydrogens (tertiary/aromatic N) is 7. The third-order valence-corrected chi connectivity index (χ3v) is 4.98. The molecule has 0 aliphatic carbocycles. The molecule has 0 saturated carbocycles. The molecule has 3 aromatic rings. The molecule has 2 amide bonds. The van der Waals surface area contributed by atoms with E-state index in [1.807, 2.05) is 35.3 Å². The van der Waals surface area contributed by atoms with Gasteiger partial charge in [0.25, 0.3) is 0 Å². The van der Waals surface area contributed by atoms with E-state index in [0.29, 0.717) is 13.1 Å². The third kappa shape index (κ3) is 2.31. The number of rotatable bonds is 3. The zero-order chi connectivity index (χ0) is 17.8. The van der Waals surface area contributed by atoms with Gasteiger partial charge in [0.05, 0.1) is 23.6 Å². The first-order valence-electron chi connectivity index (χ1n) is 8.77. The van der Waals surface area contributed by atoms with Crippen molar-refractivity contribution in [3.05, 3.63) is 35.9 Å². The van der Waals surface area contributed by atoms with E-state index in [9.17, 15) is 4.79 Å². The van der Waals surface area contributed by atoms with Gasteiger partial charge >= 0.3 is 6.03 Å². The van der Waals surface area contributed by atoms with E-state index in [1.54, 1.807) is 11.1 Å². The van der Waals surface area contributed by atoms with Gasteiger partial charge in [-0.25, -0.2) is 9.78 Å². The van der Waals surface area contributed by atoms with Gasteiger partial charge in [0.2, 0.25) is 0 Å². The number of carbonyl (C=O) groups excluding carboxylic acids is 1. The molecule has 0 aromatic carbocycles. The van der Waals surface area contributed by atoms with Gasteiger partial charge in [-0.3, -0.25) is 9.58 Å². The molecule has 9 heteroatoms. The Morgan fingerprint density at radius 3 is 2.81 bits per heavy atom. The number of urea groups is 1. The van der Waals surface area contributed by atoms with Crippen LogP contribution in [0.2, 0.25) is 0 Å². The molecular formula is C17H20N8O. The number of fused-ring (bicyclic) bond motifs is 1. The number of aromatic nitrogens is 5. The number of aryl methyl sites for hydroxylation is 2. The lowest BCUT2D eigenvalue weighted by molar-refractivity contribution is 0.252. The topological polar surface area (TPSA) is 83.6 Å². The summed E-state index contributed by atoms with van der Waals surface area (Å²) in [7, 11) is 0. The lowest BCUT2D eigenvalue weighted by Crippen LogP contribution is -2.48. The molecule has 26 heavy (non-hydrogen) atoms. The first-order chi connectivity index (χ1) is 12.6. The van der Waals surface area contributed by atoms with E-state index >= 15 is 0 Å². The van der Waals surface area contributed by atoms with E-state index in [4.69, 9.17) is 0 Å². The summed E-state index contributed by atoms with van der Waals surface area (Å²) in [4.78, 5) is 20.3. The van der Waals surface area contributed by atoms with Crippen molar-refractivity contribution in [2.24, 2.45) is 0 Å².